The van der Waals surface area contributed by atoms with Crippen molar-refractivity contribution in [2.24, 2.45) is 0 Å². The van der Waals surface area contributed by atoms with Crippen LogP contribution in [0, 0.1) is 6.92 Å². The molecule has 5 nitrogen and oxygen atoms in total. The summed E-state index contributed by atoms with van der Waals surface area (Å²) in [6.45, 7) is 2.61. The molecule has 0 atom stereocenters. The number of hydrogen-bond acceptors (Lipinski definition) is 5. The van der Waals surface area contributed by atoms with Crippen LogP contribution in [0.15, 0.2) is 22.2 Å². The summed E-state index contributed by atoms with van der Waals surface area (Å²) < 4.78 is 2.74. The van der Waals surface area contributed by atoms with E-state index in [1.54, 1.807) is 15.9 Å². The Bertz CT molecular complexity index is 738. The van der Waals surface area contributed by atoms with Crippen LogP contribution in [0.4, 0.5) is 5.82 Å². The highest BCUT2D eigenvalue weighted by Gasteiger charge is 2.12. The Balaban J connectivity index is 1.95. The van der Waals surface area contributed by atoms with Gasteiger partial charge in [0.15, 0.2) is 0 Å². The van der Waals surface area contributed by atoms with Gasteiger partial charge in [0, 0.05) is 20.3 Å². The smallest absolute Gasteiger partial charge is 0.255 e. The summed E-state index contributed by atoms with van der Waals surface area (Å²) >= 11 is 11.2. The van der Waals surface area contributed by atoms with Crippen molar-refractivity contribution in [2.45, 2.75) is 13.5 Å². The number of thiophene rings is 1. The lowest BCUT2D eigenvalue weighted by Crippen LogP contribution is -2.08. The minimum Gasteiger partial charge on any atom is -0.365 e. The predicted molar refractivity (Wildman–Crippen MR) is 79.9 cm³/mol. The fraction of sp³-hybridized carbons (Fsp3) is 0.182. The number of halogens is 2. The monoisotopic (exact) mass is 357 g/mol. The third kappa shape index (κ3) is 2.45. The molecule has 1 N–H and O–H groups in total. The fourth-order valence-corrected chi connectivity index (χ4v) is 3.28. The zero-order chi connectivity index (χ0) is 13.4. The van der Waals surface area contributed by atoms with E-state index in [0.717, 1.165) is 15.9 Å². The largest absolute Gasteiger partial charge is 0.365 e. The van der Waals surface area contributed by atoms with Gasteiger partial charge in [0.25, 0.3) is 5.78 Å². The summed E-state index contributed by atoms with van der Waals surface area (Å²) in [6.07, 6.45) is 1.46. The van der Waals surface area contributed by atoms with Gasteiger partial charge in [-0.25, -0.2) is 0 Å². The Kier molecular flexibility index (Phi) is 3.42. The van der Waals surface area contributed by atoms with Crippen LogP contribution >= 0.6 is 38.9 Å². The second kappa shape index (κ2) is 5.07. The highest BCUT2D eigenvalue weighted by Crippen LogP contribution is 2.24. The molecule has 19 heavy (non-hydrogen) atoms. The van der Waals surface area contributed by atoms with Crippen LogP contribution in [0.3, 0.4) is 0 Å². The third-order valence-electron chi connectivity index (χ3n) is 2.66. The van der Waals surface area contributed by atoms with E-state index in [1.807, 2.05) is 6.92 Å². The summed E-state index contributed by atoms with van der Waals surface area (Å²) in [5.74, 6) is 1.31. The van der Waals surface area contributed by atoms with Gasteiger partial charge >= 0.3 is 0 Å². The maximum Gasteiger partial charge on any atom is 0.255 e. The molecule has 3 aromatic rings. The van der Waals surface area contributed by atoms with Crippen LogP contribution in [-0.2, 0) is 6.54 Å². The van der Waals surface area contributed by atoms with Gasteiger partial charge < -0.3 is 5.32 Å². The van der Waals surface area contributed by atoms with Gasteiger partial charge in [0.2, 0.25) is 0 Å². The van der Waals surface area contributed by atoms with Crippen molar-refractivity contribution in [1.29, 1.82) is 0 Å². The average molecular weight is 359 g/mol. The molecule has 3 heterocycles. The second-order valence-corrected chi connectivity index (χ2v) is 6.20. The third-order valence-corrected chi connectivity index (χ3v) is 4.72. The van der Waals surface area contributed by atoms with E-state index in [1.165, 1.54) is 11.2 Å². The first-order chi connectivity index (χ1) is 9.15. The molecular formula is C11H9BrClN5S. The Hall–Kier alpha value is -1.18. The Labute approximate surface area is 126 Å². The lowest BCUT2D eigenvalue weighted by atomic mass is 10.3. The number of fused-ring (bicyclic) bond motifs is 1. The molecule has 98 valence electrons. The molecule has 0 saturated carbocycles. The van der Waals surface area contributed by atoms with Crippen LogP contribution in [0.1, 0.15) is 10.4 Å². The fourth-order valence-electron chi connectivity index (χ4n) is 1.72. The molecule has 0 amide bonds. The molecule has 0 spiro atoms. The molecule has 0 fully saturated rings. The van der Waals surface area contributed by atoms with Crippen LogP contribution in [0.5, 0.6) is 0 Å². The molecule has 0 aliphatic carbocycles. The SMILES string of the molecule is Cc1c(Cl)nc2ncnn2c1NCc1cc(Br)cs1. The van der Waals surface area contributed by atoms with E-state index in [9.17, 15) is 0 Å². The number of nitrogens with zero attached hydrogens (tertiary/aromatic N) is 4. The quantitative estimate of drug-likeness (QED) is 0.728. The average Bonchev–Trinajstić information content (AvgIpc) is 2.99. The van der Waals surface area contributed by atoms with Crippen molar-refractivity contribution in [3.8, 4) is 0 Å². The Morgan fingerprint density at radius 2 is 2.37 bits per heavy atom. The highest BCUT2D eigenvalue weighted by atomic mass is 79.9. The van der Waals surface area contributed by atoms with Crippen molar-refractivity contribution in [1.82, 2.24) is 19.6 Å². The van der Waals surface area contributed by atoms with Gasteiger partial charge in [-0.2, -0.15) is 19.6 Å². The Morgan fingerprint density at radius 3 is 3.11 bits per heavy atom. The van der Waals surface area contributed by atoms with Gasteiger partial charge in [-0.3, -0.25) is 0 Å². The predicted octanol–water partition coefficient (Wildman–Crippen LogP) is 3.52. The first-order valence-corrected chi connectivity index (χ1v) is 7.53. The second-order valence-electron chi connectivity index (χ2n) is 3.93. The van der Waals surface area contributed by atoms with Crippen LogP contribution in [0.25, 0.3) is 5.78 Å². The first-order valence-electron chi connectivity index (χ1n) is 5.48. The van der Waals surface area contributed by atoms with E-state index < -0.39 is 0 Å². The van der Waals surface area contributed by atoms with E-state index in [0.29, 0.717) is 17.5 Å². The molecule has 8 heteroatoms. The maximum absolute atomic E-state index is 6.10. The van der Waals surface area contributed by atoms with Crippen molar-refractivity contribution < 1.29 is 0 Å². The van der Waals surface area contributed by atoms with Gasteiger partial charge in [-0.05, 0) is 28.9 Å². The molecule has 3 rings (SSSR count). The van der Waals surface area contributed by atoms with Gasteiger partial charge in [0.1, 0.15) is 17.3 Å². The molecule has 0 bridgehead atoms. The minimum atomic E-state index is 0.440. The standard InChI is InChI=1S/C11H9BrClN5S/c1-6-9(13)17-11-15-5-16-18(11)10(6)14-3-8-2-7(12)4-19-8/h2,4-5,14H,3H2,1H3. The van der Waals surface area contributed by atoms with Gasteiger partial charge in [-0.15, -0.1) is 11.3 Å². The number of hydrogen-bond donors (Lipinski definition) is 1. The zero-order valence-corrected chi connectivity index (χ0v) is 13.1. The number of aromatic nitrogens is 4. The molecule has 0 aliphatic rings. The lowest BCUT2D eigenvalue weighted by molar-refractivity contribution is 0.917. The van der Waals surface area contributed by atoms with E-state index in [-0.39, 0.29) is 0 Å². The van der Waals surface area contributed by atoms with Crippen molar-refractivity contribution >= 4 is 50.5 Å². The summed E-state index contributed by atoms with van der Waals surface area (Å²) in [6, 6.07) is 2.08. The molecule has 0 aliphatic heterocycles. The molecule has 0 unspecified atom stereocenters. The number of nitrogens with one attached hydrogen (secondary N) is 1. The molecule has 0 saturated heterocycles. The van der Waals surface area contributed by atoms with Crippen molar-refractivity contribution in [3.05, 3.63) is 37.8 Å². The van der Waals surface area contributed by atoms with Crippen LogP contribution in [0.2, 0.25) is 5.15 Å². The molecule has 0 radical (unpaired) electrons. The van der Waals surface area contributed by atoms with Crippen LogP contribution in [-0.4, -0.2) is 19.6 Å². The summed E-state index contributed by atoms with van der Waals surface area (Å²) in [4.78, 5) is 9.43. The van der Waals surface area contributed by atoms with Gasteiger partial charge in [0.05, 0.1) is 6.54 Å². The zero-order valence-electron chi connectivity index (χ0n) is 9.89. The number of rotatable bonds is 3. The first kappa shape index (κ1) is 12.8. The summed E-state index contributed by atoms with van der Waals surface area (Å²) in [5.41, 5.74) is 0.857. The maximum atomic E-state index is 6.10. The summed E-state index contributed by atoms with van der Waals surface area (Å²) in [5, 5.41) is 9.98. The van der Waals surface area contributed by atoms with E-state index >= 15 is 0 Å². The number of anilines is 1. The van der Waals surface area contributed by atoms with Crippen molar-refractivity contribution in [2.75, 3.05) is 5.32 Å². The summed E-state index contributed by atoms with van der Waals surface area (Å²) in [7, 11) is 0. The van der Waals surface area contributed by atoms with E-state index in [4.69, 9.17) is 11.6 Å². The minimum absolute atomic E-state index is 0.440. The lowest BCUT2D eigenvalue weighted by Gasteiger charge is -2.10. The van der Waals surface area contributed by atoms with Gasteiger partial charge in [-0.1, -0.05) is 11.6 Å². The molecular weight excluding hydrogens is 350 g/mol. The van der Waals surface area contributed by atoms with Crippen molar-refractivity contribution in [3.63, 3.8) is 0 Å². The topological polar surface area (TPSA) is 55.1 Å². The van der Waals surface area contributed by atoms with E-state index in [2.05, 4.69) is 47.8 Å². The molecule has 3 aromatic heterocycles. The normalized spacial score (nSPS) is 11.1. The molecule has 0 aromatic carbocycles. The van der Waals surface area contributed by atoms with Crippen LogP contribution < -0.4 is 5.32 Å². The highest BCUT2D eigenvalue weighted by molar-refractivity contribution is 9.10. The Morgan fingerprint density at radius 1 is 1.53 bits per heavy atom.